The normalized spacial score (nSPS) is 11.6. The van der Waals surface area contributed by atoms with Crippen LogP contribution in [0.1, 0.15) is 11.3 Å². The summed E-state index contributed by atoms with van der Waals surface area (Å²) in [5, 5.41) is 18.2. The molecule has 6 rings (SSSR count). The van der Waals surface area contributed by atoms with E-state index < -0.39 is 0 Å². The van der Waals surface area contributed by atoms with Gasteiger partial charge in [-0.1, -0.05) is 23.4 Å². The number of pyridine rings is 2. The highest BCUT2D eigenvalue weighted by Gasteiger charge is 2.11. The van der Waals surface area contributed by atoms with E-state index in [2.05, 4.69) is 49.8 Å². The maximum Gasteiger partial charge on any atom is 0.179 e. The monoisotopic (exact) mass is 391 g/mol. The van der Waals surface area contributed by atoms with Crippen LogP contribution in [-0.4, -0.2) is 35.2 Å². The van der Waals surface area contributed by atoms with E-state index in [0.717, 1.165) is 55.5 Å². The topological polar surface area (TPSA) is 85.2 Å². The average molecular weight is 391 g/mol. The predicted molar refractivity (Wildman–Crippen MR) is 116 cm³/mol. The van der Waals surface area contributed by atoms with Gasteiger partial charge in [0.2, 0.25) is 0 Å². The lowest BCUT2D eigenvalue weighted by Gasteiger charge is -2.06. The van der Waals surface area contributed by atoms with Crippen LogP contribution in [0.3, 0.4) is 0 Å². The van der Waals surface area contributed by atoms with Gasteiger partial charge in [0.1, 0.15) is 5.52 Å². The van der Waals surface area contributed by atoms with E-state index in [1.165, 1.54) is 0 Å². The van der Waals surface area contributed by atoms with Crippen molar-refractivity contribution < 1.29 is 0 Å². The second-order valence-corrected chi connectivity index (χ2v) is 7.40. The molecule has 0 radical (unpaired) electrons. The van der Waals surface area contributed by atoms with E-state index in [0.29, 0.717) is 6.54 Å². The minimum atomic E-state index is 0.595. The largest absolute Gasteiger partial charge is 0.282 e. The molecule has 0 spiro atoms. The molecular formula is C23H17N7. The molecule has 4 heterocycles. The van der Waals surface area contributed by atoms with Crippen molar-refractivity contribution in [3.05, 3.63) is 78.1 Å². The fourth-order valence-electron chi connectivity index (χ4n) is 3.81. The first kappa shape index (κ1) is 16.8. The summed E-state index contributed by atoms with van der Waals surface area (Å²) in [6, 6.07) is 20.4. The van der Waals surface area contributed by atoms with Gasteiger partial charge in [-0.25, -0.2) is 9.67 Å². The van der Waals surface area contributed by atoms with Crippen LogP contribution in [0.25, 0.3) is 44.2 Å². The summed E-state index contributed by atoms with van der Waals surface area (Å²) < 4.78 is 1.85. The van der Waals surface area contributed by atoms with Gasteiger partial charge in [0.15, 0.2) is 5.65 Å². The Balaban J connectivity index is 1.41. The zero-order chi connectivity index (χ0) is 20.1. The highest BCUT2D eigenvalue weighted by Crippen LogP contribution is 2.25. The summed E-state index contributed by atoms with van der Waals surface area (Å²) in [4.78, 5) is 9.26. The van der Waals surface area contributed by atoms with Gasteiger partial charge in [-0.2, -0.15) is 5.10 Å². The van der Waals surface area contributed by atoms with Crippen molar-refractivity contribution in [2.24, 2.45) is 0 Å². The molecule has 2 aromatic carbocycles. The van der Waals surface area contributed by atoms with Crippen molar-refractivity contribution in [3.63, 3.8) is 0 Å². The Hall–Kier alpha value is -4.13. The van der Waals surface area contributed by atoms with Gasteiger partial charge in [-0.15, -0.1) is 5.10 Å². The fourth-order valence-corrected chi connectivity index (χ4v) is 3.81. The number of hydrogen-bond donors (Lipinski definition) is 1. The molecule has 0 unspecified atom stereocenters. The Morgan fingerprint density at radius 2 is 1.83 bits per heavy atom. The van der Waals surface area contributed by atoms with Crippen LogP contribution in [0.5, 0.6) is 0 Å². The number of aromatic nitrogens is 7. The minimum absolute atomic E-state index is 0.595. The van der Waals surface area contributed by atoms with Crippen LogP contribution < -0.4 is 0 Å². The van der Waals surface area contributed by atoms with E-state index in [1.807, 2.05) is 48.0 Å². The number of hydrogen-bond acceptors (Lipinski definition) is 5. The van der Waals surface area contributed by atoms with E-state index in [1.54, 1.807) is 6.20 Å². The molecule has 144 valence electrons. The van der Waals surface area contributed by atoms with Gasteiger partial charge < -0.3 is 0 Å². The van der Waals surface area contributed by atoms with Crippen molar-refractivity contribution >= 4 is 33.0 Å². The van der Waals surface area contributed by atoms with E-state index in [-0.39, 0.29) is 0 Å². The highest BCUT2D eigenvalue weighted by molar-refractivity contribution is 5.86. The predicted octanol–water partition coefficient (Wildman–Crippen LogP) is 4.27. The maximum atomic E-state index is 4.88. The number of aryl methyl sites for hydroxylation is 1. The van der Waals surface area contributed by atoms with Crippen molar-refractivity contribution in [1.29, 1.82) is 0 Å². The summed E-state index contributed by atoms with van der Waals surface area (Å²) in [6.07, 6.45) is 1.81. The molecule has 0 amide bonds. The lowest BCUT2D eigenvalue weighted by atomic mass is 10.1. The molecule has 0 fully saturated rings. The van der Waals surface area contributed by atoms with Gasteiger partial charge in [0.25, 0.3) is 0 Å². The molecule has 4 aromatic heterocycles. The first-order chi connectivity index (χ1) is 14.7. The SMILES string of the molecule is Cc1[nH]nc2ccc(-c3ccc4nnn(Cc5ccc6ncccc6c5)c4n3)cc12. The quantitative estimate of drug-likeness (QED) is 0.487. The molecule has 0 atom stereocenters. The standard InChI is InChI=1S/C23H17N7/c1-14-18-12-17(5-7-21(18)27-26-14)20-8-9-22-23(25-20)30(29-28-22)13-15-4-6-19-16(11-15)3-2-10-24-19/h2-12H,13H2,1H3,(H,26,27). The highest BCUT2D eigenvalue weighted by atomic mass is 15.4. The number of nitrogens with one attached hydrogen (secondary N) is 1. The van der Waals surface area contributed by atoms with Crippen LogP contribution in [0.4, 0.5) is 0 Å². The molecule has 0 aliphatic heterocycles. The Morgan fingerprint density at radius 3 is 2.80 bits per heavy atom. The second-order valence-electron chi connectivity index (χ2n) is 7.40. The molecule has 1 N–H and O–H groups in total. The number of fused-ring (bicyclic) bond motifs is 3. The third-order valence-corrected chi connectivity index (χ3v) is 5.40. The summed E-state index contributed by atoms with van der Waals surface area (Å²) in [5.41, 5.74) is 7.58. The number of rotatable bonds is 3. The summed E-state index contributed by atoms with van der Waals surface area (Å²) in [7, 11) is 0. The molecule has 0 bridgehead atoms. The fraction of sp³-hybridized carbons (Fsp3) is 0.0870. The number of aromatic amines is 1. The van der Waals surface area contributed by atoms with Crippen LogP contribution >= 0.6 is 0 Å². The molecule has 7 nitrogen and oxygen atoms in total. The van der Waals surface area contributed by atoms with Crippen LogP contribution in [0.15, 0.2) is 66.9 Å². The van der Waals surface area contributed by atoms with Crippen molar-refractivity contribution in [3.8, 4) is 11.3 Å². The molecule has 0 saturated carbocycles. The number of H-pyrrole nitrogens is 1. The molecule has 7 heteroatoms. The first-order valence-corrected chi connectivity index (χ1v) is 9.74. The van der Waals surface area contributed by atoms with Crippen LogP contribution in [0, 0.1) is 6.92 Å². The Morgan fingerprint density at radius 1 is 0.933 bits per heavy atom. The molecular weight excluding hydrogens is 374 g/mol. The van der Waals surface area contributed by atoms with Gasteiger partial charge in [0.05, 0.1) is 23.3 Å². The van der Waals surface area contributed by atoms with Gasteiger partial charge >= 0.3 is 0 Å². The van der Waals surface area contributed by atoms with Gasteiger partial charge in [-0.05, 0) is 55.0 Å². The summed E-state index contributed by atoms with van der Waals surface area (Å²) in [6.45, 7) is 2.62. The van der Waals surface area contributed by atoms with Crippen molar-refractivity contribution in [2.45, 2.75) is 13.5 Å². The Labute approximate surface area is 171 Å². The number of benzene rings is 2. The molecule has 0 aliphatic rings. The molecule has 30 heavy (non-hydrogen) atoms. The Kier molecular flexibility index (Phi) is 3.61. The summed E-state index contributed by atoms with van der Waals surface area (Å²) >= 11 is 0. The Bertz CT molecular complexity index is 1540. The minimum Gasteiger partial charge on any atom is -0.282 e. The van der Waals surface area contributed by atoms with Crippen LogP contribution in [-0.2, 0) is 6.54 Å². The molecule has 6 aromatic rings. The summed E-state index contributed by atoms with van der Waals surface area (Å²) in [5.74, 6) is 0. The number of nitrogens with zero attached hydrogens (tertiary/aromatic N) is 6. The molecule has 0 saturated heterocycles. The average Bonchev–Trinajstić information content (AvgIpc) is 3.36. The zero-order valence-corrected chi connectivity index (χ0v) is 16.2. The van der Waals surface area contributed by atoms with E-state index in [9.17, 15) is 0 Å². The smallest absolute Gasteiger partial charge is 0.179 e. The van der Waals surface area contributed by atoms with Crippen molar-refractivity contribution in [1.82, 2.24) is 35.2 Å². The first-order valence-electron chi connectivity index (χ1n) is 9.74. The third kappa shape index (κ3) is 2.71. The maximum absolute atomic E-state index is 4.88. The molecule has 0 aliphatic carbocycles. The van der Waals surface area contributed by atoms with Crippen LogP contribution in [0.2, 0.25) is 0 Å². The van der Waals surface area contributed by atoms with E-state index in [4.69, 9.17) is 4.98 Å². The van der Waals surface area contributed by atoms with Gasteiger partial charge in [0, 0.05) is 28.2 Å². The van der Waals surface area contributed by atoms with E-state index >= 15 is 0 Å². The van der Waals surface area contributed by atoms with Crippen molar-refractivity contribution in [2.75, 3.05) is 0 Å². The van der Waals surface area contributed by atoms with Gasteiger partial charge in [-0.3, -0.25) is 10.1 Å². The third-order valence-electron chi connectivity index (χ3n) is 5.40. The lowest BCUT2D eigenvalue weighted by molar-refractivity contribution is 0.665. The zero-order valence-electron chi connectivity index (χ0n) is 16.2. The lowest BCUT2D eigenvalue weighted by Crippen LogP contribution is -2.03. The second kappa shape index (κ2) is 6.45.